The van der Waals surface area contributed by atoms with Gasteiger partial charge >= 0.3 is 5.97 Å². The maximum absolute atomic E-state index is 11.8. The molecule has 5 rings (SSSR count). The molecule has 0 aromatic heterocycles. The molecule has 1 unspecified atom stereocenters. The SMILES string of the molecule is COC(=O)CCC(C)[C@H]1CC[C@]2(C)[C@H]3CC[C@@H]4[C@@]5(C)CCCC(C)(C)[C@@H]5CC[C@@]4(C)[C@]3(C)CC[C@@H]12. The van der Waals surface area contributed by atoms with Gasteiger partial charge in [-0.25, -0.2) is 0 Å². The second-order valence-electron chi connectivity index (χ2n) is 15.9. The molecule has 0 aliphatic heterocycles. The van der Waals surface area contributed by atoms with Crippen LogP contribution in [0.1, 0.15) is 132 Å². The fourth-order valence-corrected chi connectivity index (χ4v) is 12.7. The number of ether oxygens (including phenoxy) is 1. The van der Waals surface area contributed by atoms with Crippen LogP contribution in [-0.2, 0) is 9.53 Å². The van der Waals surface area contributed by atoms with E-state index in [2.05, 4.69) is 48.5 Å². The van der Waals surface area contributed by atoms with Gasteiger partial charge in [-0.05, 0) is 133 Å². The normalized spacial score (nSPS) is 51.4. The summed E-state index contributed by atoms with van der Waals surface area (Å²) >= 11 is 0. The summed E-state index contributed by atoms with van der Waals surface area (Å²) in [5.41, 5.74) is 2.54. The fourth-order valence-electron chi connectivity index (χ4n) is 12.7. The molecule has 0 amide bonds. The van der Waals surface area contributed by atoms with Crippen LogP contribution in [-0.4, -0.2) is 13.1 Å². The van der Waals surface area contributed by atoms with Crippen molar-refractivity contribution >= 4 is 5.97 Å². The molecule has 0 N–H and O–H groups in total. The molecular weight excluding hydrogens is 428 g/mol. The third-order valence-corrected chi connectivity index (χ3v) is 14.5. The Bertz CT molecular complexity index is 831. The summed E-state index contributed by atoms with van der Waals surface area (Å²) in [5, 5.41) is 0. The highest BCUT2D eigenvalue weighted by Gasteiger charge is 2.70. The van der Waals surface area contributed by atoms with E-state index in [1.54, 1.807) is 0 Å². The molecule has 10 atom stereocenters. The summed E-state index contributed by atoms with van der Waals surface area (Å²) in [4.78, 5) is 11.8. The van der Waals surface area contributed by atoms with Crippen LogP contribution >= 0.6 is 0 Å². The molecule has 2 heteroatoms. The lowest BCUT2D eigenvalue weighted by molar-refractivity contribution is -0.241. The molecule has 200 valence electrons. The van der Waals surface area contributed by atoms with E-state index >= 15 is 0 Å². The minimum Gasteiger partial charge on any atom is -0.469 e. The van der Waals surface area contributed by atoms with E-state index in [0.29, 0.717) is 39.4 Å². The molecule has 5 saturated carbocycles. The van der Waals surface area contributed by atoms with E-state index < -0.39 is 0 Å². The number of methoxy groups -OCH3 is 1. The van der Waals surface area contributed by atoms with Crippen LogP contribution in [0.2, 0.25) is 0 Å². The molecule has 0 aromatic rings. The van der Waals surface area contributed by atoms with Crippen molar-refractivity contribution in [1.82, 2.24) is 0 Å². The molecule has 35 heavy (non-hydrogen) atoms. The summed E-state index contributed by atoms with van der Waals surface area (Å²) in [5.74, 6) is 4.96. The van der Waals surface area contributed by atoms with Gasteiger partial charge in [0, 0.05) is 6.42 Å². The fraction of sp³-hybridized carbons (Fsp3) is 0.970. The van der Waals surface area contributed by atoms with E-state index in [1.807, 2.05) is 0 Å². The highest BCUT2D eigenvalue weighted by atomic mass is 16.5. The van der Waals surface area contributed by atoms with Crippen molar-refractivity contribution in [1.29, 1.82) is 0 Å². The van der Waals surface area contributed by atoms with Crippen LogP contribution in [0, 0.1) is 62.6 Å². The van der Waals surface area contributed by atoms with Crippen LogP contribution < -0.4 is 0 Å². The number of esters is 1. The molecule has 5 aliphatic carbocycles. The van der Waals surface area contributed by atoms with Crippen LogP contribution in [0.15, 0.2) is 0 Å². The van der Waals surface area contributed by atoms with Gasteiger partial charge in [-0.1, -0.05) is 54.9 Å². The zero-order chi connectivity index (χ0) is 25.4. The quantitative estimate of drug-likeness (QED) is 0.372. The van der Waals surface area contributed by atoms with E-state index in [0.717, 1.165) is 36.0 Å². The molecule has 0 heterocycles. The monoisotopic (exact) mass is 484 g/mol. The van der Waals surface area contributed by atoms with Crippen molar-refractivity contribution in [2.45, 2.75) is 132 Å². The molecule has 0 saturated heterocycles. The molecule has 0 radical (unpaired) electrons. The number of hydrogen-bond acceptors (Lipinski definition) is 2. The Morgan fingerprint density at radius 3 is 2.06 bits per heavy atom. The van der Waals surface area contributed by atoms with Crippen LogP contribution in [0.25, 0.3) is 0 Å². The third kappa shape index (κ3) is 3.56. The Balaban J connectivity index is 1.40. The van der Waals surface area contributed by atoms with Gasteiger partial charge < -0.3 is 4.74 Å². The van der Waals surface area contributed by atoms with Crippen molar-refractivity contribution in [2.24, 2.45) is 62.6 Å². The predicted molar refractivity (Wildman–Crippen MR) is 145 cm³/mol. The molecule has 2 nitrogen and oxygen atoms in total. The van der Waals surface area contributed by atoms with Crippen LogP contribution in [0.3, 0.4) is 0 Å². The minimum absolute atomic E-state index is 0.0323. The maximum atomic E-state index is 11.8. The van der Waals surface area contributed by atoms with Gasteiger partial charge in [0.05, 0.1) is 7.11 Å². The lowest BCUT2D eigenvalue weighted by atomic mass is 9.32. The van der Waals surface area contributed by atoms with Crippen molar-refractivity contribution in [3.63, 3.8) is 0 Å². The standard InChI is InChI=1S/C33H56O2/c1-22(10-13-28(34)35-8)23-14-19-30(4)24(23)15-20-32(6)26(30)11-12-27-31(5)18-9-17-29(2,3)25(31)16-21-33(27,32)7/h22-27H,9-21H2,1-8H3/t22?,23-,24+,25+,26-,27-,30+,31+,32-,33-/m1/s1. The summed E-state index contributed by atoms with van der Waals surface area (Å²) < 4.78 is 4.95. The first-order valence-electron chi connectivity index (χ1n) is 15.4. The topological polar surface area (TPSA) is 26.3 Å². The van der Waals surface area contributed by atoms with Crippen molar-refractivity contribution in [2.75, 3.05) is 7.11 Å². The van der Waals surface area contributed by atoms with E-state index in [9.17, 15) is 4.79 Å². The summed E-state index contributed by atoms with van der Waals surface area (Å²) in [6.07, 6.45) is 17.5. The number of carbonyl (C=O) groups excluding carboxylic acids is 1. The number of hydrogen-bond donors (Lipinski definition) is 0. The Morgan fingerprint density at radius 2 is 1.40 bits per heavy atom. The lowest BCUT2D eigenvalue weighted by Crippen LogP contribution is -2.65. The molecule has 5 fully saturated rings. The summed E-state index contributed by atoms with van der Waals surface area (Å²) in [7, 11) is 1.53. The highest BCUT2D eigenvalue weighted by molar-refractivity contribution is 5.69. The second kappa shape index (κ2) is 8.49. The Labute approximate surface area is 217 Å². The van der Waals surface area contributed by atoms with E-state index in [4.69, 9.17) is 4.74 Å². The van der Waals surface area contributed by atoms with Gasteiger partial charge in [-0.15, -0.1) is 0 Å². The van der Waals surface area contributed by atoms with Gasteiger partial charge in [0.15, 0.2) is 0 Å². The molecule has 5 aliphatic rings. The Hall–Kier alpha value is -0.530. The first-order valence-corrected chi connectivity index (χ1v) is 15.4. The summed E-state index contributed by atoms with van der Waals surface area (Å²) in [6, 6.07) is 0. The van der Waals surface area contributed by atoms with Crippen LogP contribution in [0.4, 0.5) is 0 Å². The van der Waals surface area contributed by atoms with Gasteiger partial charge in [0.1, 0.15) is 0 Å². The average molecular weight is 485 g/mol. The zero-order valence-electron chi connectivity index (χ0n) is 24.5. The first kappa shape index (κ1) is 26.1. The molecule has 0 spiro atoms. The van der Waals surface area contributed by atoms with E-state index in [-0.39, 0.29) is 5.97 Å². The van der Waals surface area contributed by atoms with Crippen molar-refractivity contribution in [3.8, 4) is 0 Å². The maximum Gasteiger partial charge on any atom is 0.305 e. The Morgan fingerprint density at radius 1 is 0.771 bits per heavy atom. The molecule has 0 aromatic carbocycles. The number of carbonyl (C=O) groups is 1. The van der Waals surface area contributed by atoms with Gasteiger partial charge in [-0.2, -0.15) is 0 Å². The molecule has 0 bridgehead atoms. The van der Waals surface area contributed by atoms with Crippen molar-refractivity contribution < 1.29 is 9.53 Å². The number of rotatable bonds is 4. The second-order valence-corrected chi connectivity index (χ2v) is 15.9. The Kier molecular flexibility index (Phi) is 6.33. The smallest absolute Gasteiger partial charge is 0.305 e. The first-order chi connectivity index (χ1) is 16.3. The third-order valence-electron chi connectivity index (χ3n) is 14.5. The summed E-state index contributed by atoms with van der Waals surface area (Å²) in [6.45, 7) is 18.6. The largest absolute Gasteiger partial charge is 0.469 e. The average Bonchev–Trinajstić information content (AvgIpc) is 3.14. The minimum atomic E-state index is -0.0323. The van der Waals surface area contributed by atoms with Gasteiger partial charge in [0.25, 0.3) is 0 Å². The van der Waals surface area contributed by atoms with Crippen LogP contribution in [0.5, 0.6) is 0 Å². The van der Waals surface area contributed by atoms with E-state index in [1.165, 1.54) is 77.7 Å². The van der Waals surface area contributed by atoms with Gasteiger partial charge in [-0.3, -0.25) is 4.79 Å². The zero-order valence-corrected chi connectivity index (χ0v) is 24.5. The van der Waals surface area contributed by atoms with Crippen molar-refractivity contribution in [3.05, 3.63) is 0 Å². The molecular formula is C33H56O2. The van der Waals surface area contributed by atoms with Gasteiger partial charge in [0.2, 0.25) is 0 Å². The lowest BCUT2D eigenvalue weighted by Gasteiger charge is -2.73. The predicted octanol–water partition coefficient (Wildman–Crippen LogP) is 9.07. The highest BCUT2D eigenvalue weighted by Crippen LogP contribution is 2.78. The number of fused-ring (bicyclic) bond motifs is 7.